The number of ether oxygens (including phenoxy) is 13. The minimum Gasteiger partial charge on any atom is -0.463 e. The van der Waals surface area contributed by atoms with Gasteiger partial charge in [0.05, 0.1) is 28.9 Å². The highest BCUT2D eigenvalue weighted by molar-refractivity contribution is 6.22. The Bertz CT molecular complexity index is 2680. The van der Waals surface area contributed by atoms with Gasteiger partial charge in [-0.05, 0) is 24.3 Å². The van der Waals surface area contributed by atoms with E-state index in [2.05, 4.69) is 0 Å². The number of carbonyl (C=O) groups excluding carboxylic acids is 12. The number of amides is 4. The monoisotopic (exact) mass is 1100 g/mol. The van der Waals surface area contributed by atoms with Gasteiger partial charge in [-0.3, -0.25) is 67.3 Å². The number of rotatable bonds is 17. The first kappa shape index (κ1) is 57.9. The second kappa shape index (κ2) is 24.3. The van der Waals surface area contributed by atoms with E-state index in [0.29, 0.717) is 9.80 Å². The largest absolute Gasteiger partial charge is 0.463 e. The summed E-state index contributed by atoms with van der Waals surface area (Å²) in [5.41, 5.74) is -0.444. The van der Waals surface area contributed by atoms with Crippen LogP contribution in [0, 0.1) is 0 Å². The normalized spacial score (nSPS) is 30.3. The van der Waals surface area contributed by atoms with Crippen LogP contribution >= 0.6 is 0 Å². The standard InChI is InChI=1S/C50H54N2O26/c1-20(53)66-17-33-37(69-22(3)55)40(72-25(6)58)35(51-44(61)28-13-9-10-14-29(28)45(51)62)49(76-33)68-19-32-39(71-24(5)57)42(74-27(8)60)43(48(65)75-32)78-50-36(52-46(63)30-15-11-12-16-31(30)47(52)64)41(73-26(7)59)38(70-23(4)56)34(77-50)18-67-21(2)54/h9-16,32-43,48-50,65H,17-19H2,1-8H3. The molecule has 420 valence electrons. The fourth-order valence-electron chi connectivity index (χ4n) is 9.70. The molecule has 5 aliphatic rings. The van der Waals surface area contributed by atoms with Gasteiger partial charge in [-0.1, -0.05) is 24.3 Å². The Balaban J connectivity index is 1.29. The smallest absolute Gasteiger partial charge is 0.303 e. The highest BCUT2D eigenvalue weighted by Gasteiger charge is 2.62. The molecule has 0 aliphatic carbocycles. The first-order valence-electron chi connectivity index (χ1n) is 24.0. The summed E-state index contributed by atoms with van der Waals surface area (Å²) in [6.07, 6.45) is -24.7. The van der Waals surface area contributed by atoms with E-state index in [0.717, 1.165) is 55.4 Å². The lowest BCUT2D eigenvalue weighted by Crippen LogP contribution is -2.70. The molecule has 3 saturated heterocycles. The summed E-state index contributed by atoms with van der Waals surface area (Å²) < 4.78 is 75.3. The SMILES string of the molecule is CC(=O)OCC1OC(OCC2OC(O)C(OC3OC(COC(C)=O)C(OC(C)=O)C(OC(C)=O)C3N3C(=O)c4ccccc4C3=O)C(OC(C)=O)C2OC(C)=O)C(N2C(=O)c3ccccc3C2=O)C(OC(C)=O)C1OC(C)=O. The van der Waals surface area contributed by atoms with E-state index >= 15 is 0 Å². The lowest BCUT2D eigenvalue weighted by molar-refractivity contribution is -0.358. The average Bonchev–Trinajstić information content (AvgIpc) is 3.99. The predicted molar refractivity (Wildman–Crippen MR) is 247 cm³/mol. The van der Waals surface area contributed by atoms with Gasteiger partial charge in [-0.2, -0.15) is 0 Å². The molecule has 1 N–H and O–H groups in total. The summed E-state index contributed by atoms with van der Waals surface area (Å²) in [6.45, 7) is 5.45. The van der Waals surface area contributed by atoms with E-state index < -0.39 is 183 Å². The lowest BCUT2D eigenvalue weighted by atomic mass is 9.93. The zero-order valence-electron chi connectivity index (χ0n) is 42.9. The van der Waals surface area contributed by atoms with Gasteiger partial charge in [0.25, 0.3) is 23.6 Å². The molecule has 4 amide bonds. The molecular weight excluding hydrogens is 1040 g/mol. The van der Waals surface area contributed by atoms with Crippen LogP contribution < -0.4 is 0 Å². The van der Waals surface area contributed by atoms with E-state index in [-0.39, 0.29) is 22.3 Å². The summed E-state index contributed by atoms with van der Waals surface area (Å²) in [4.78, 5) is 160. The third-order valence-electron chi connectivity index (χ3n) is 12.5. The second-order valence-corrected chi connectivity index (χ2v) is 18.2. The van der Waals surface area contributed by atoms with Crippen molar-refractivity contribution in [2.24, 2.45) is 0 Å². The molecule has 15 unspecified atom stereocenters. The molecule has 28 heteroatoms. The molecule has 2 aromatic carbocycles. The molecule has 5 heterocycles. The quantitative estimate of drug-likeness (QED) is 0.120. The average molecular weight is 1100 g/mol. The van der Waals surface area contributed by atoms with Crippen molar-refractivity contribution in [3.63, 3.8) is 0 Å². The van der Waals surface area contributed by atoms with Crippen LogP contribution in [-0.4, -0.2) is 198 Å². The van der Waals surface area contributed by atoms with Gasteiger partial charge in [0.1, 0.15) is 43.6 Å². The number of aliphatic hydroxyl groups is 1. The Morgan fingerprint density at radius 3 is 1.08 bits per heavy atom. The van der Waals surface area contributed by atoms with Crippen LogP contribution in [0.25, 0.3) is 0 Å². The van der Waals surface area contributed by atoms with Crippen LogP contribution in [0.1, 0.15) is 96.8 Å². The Morgan fingerprint density at radius 2 is 0.718 bits per heavy atom. The van der Waals surface area contributed by atoms with Crippen LogP contribution in [0.5, 0.6) is 0 Å². The number of esters is 8. The molecule has 5 aliphatic heterocycles. The van der Waals surface area contributed by atoms with Gasteiger partial charge in [0.2, 0.25) is 0 Å². The summed E-state index contributed by atoms with van der Waals surface area (Å²) in [5, 5.41) is 12.0. The number of aliphatic hydroxyl groups excluding tert-OH is 1. The maximum atomic E-state index is 14.3. The topological polar surface area (TPSA) is 352 Å². The number of hydrogen-bond acceptors (Lipinski definition) is 26. The van der Waals surface area contributed by atoms with Crippen molar-refractivity contribution < 1.29 is 124 Å². The first-order valence-corrected chi connectivity index (χ1v) is 24.0. The molecule has 0 saturated carbocycles. The molecule has 0 spiro atoms. The van der Waals surface area contributed by atoms with Gasteiger partial charge >= 0.3 is 47.8 Å². The van der Waals surface area contributed by atoms with Crippen molar-refractivity contribution in [1.82, 2.24) is 9.80 Å². The van der Waals surface area contributed by atoms with Gasteiger partial charge in [0, 0.05) is 55.4 Å². The fraction of sp³-hybridized carbons (Fsp3) is 0.520. The predicted octanol–water partition coefficient (Wildman–Crippen LogP) is -0.399. The number of hydrogen-bond donors (Lipinski definition) is 1. The minimum atomic E-state index is -2.36. The number of benzene rings is 2. The third-order valence-corrected chi connectivity index (χ3v) is 12.5. The van der Waals surface area contributed by atoms with Crippen molar-refractivity contribution in [2.45, 2.75) is 147 Å². The molecular formula is C50H54N2O26. The van der Waals surface area contributed by atoms with Gasteiger partial charge in [-0.15, -0.1) is 0 Å². The maximum Gasteiger partial charge on any atom is 0.303 e. The van der Waals surface area contributed by atoms with E-state index in [1.165, 1.54) is 48.5 Å². The molecule has 28 nitrogen and oxygen atoms in total. The number of fused-ring (bicyclic) bond motifs is 2. The summed E-state index contributed by atoms with van der Waals surface area (Å²) in [5.74, 6) is -11.8. The van der Waals surface area contributed by atoms with Crippen molar-refractivity contribution in [3.05, 3.63) is 70.8 Å². The number of nitrogens with zero attached hydrogens (tertiary/aromatic N) is 2. The Kier molecular flexibility index (Phi) is 18.0. The van der Waals surface area contributed by atoms with E-state index in [1.807, 2.05) is 0 Å². The minimum absolute atomic E-state index is 0.0937. The third kappa shape index (κ3) is 12.5. The van der Waals surface area contributed by atoms with Crippen molar-refractivity contribution in [3.8, 4) is 0 Å². The Morgan fingerprint density at radius 1 is 0.410 bits per heavy atom. The molecule has 7 rings (SSSR count). The highest BCUT2D eigenvalue weighted by atomic mass is 16.8. The first-order chi connectivity index (χ1) is 36.9. The maximum absolute atomic E-state index is 14.3. The second-order valence-electron chi connectivity index (χ2n) is 18.2. The molecule has 0 aromatic heterocycles. The molecule has 0 bridgehead atoms. The number of carbonyl (C=O) groups is 12. The molecule has 0 radical (unpaired) electrons. The fourth-order valence-corrected chi connectivity index (χ4v) is 9.70. The zero-order valence-corrected chi connectivity index (χ0v) is 42.9. The van der Waals surface area contributed by atoms with Crippen molar-refractivity contribution >= 4 is 71.4 Å². The molecule has 78 heavy (non-hydrogen) atoms. The van der Waals surface area contributed by atoms with E-state index in [4.69, 9.17) is 61.6 Å². The van der Waals surface area contributed by atoms with Gasteiger partial charge in [-0.25, -0.2) is 0 Å². The Hall–Kier alpha value is -7.76. The van der Waals surface area contributed by atoms with E-state index in [9.17, 15) is 62.6 Å². The summed E-state index contributed by atoms with van der Waals surface area (Å²) in [7, 11) is 0. The Labute approximate surface area is 442 Å². The number of imide groups is 2. The molecule has 3 fully saturated rings. The van der Waals surface area contributed by atoms with Crippen LogP contribution in [-0.2, 0) is 99.9 Å². The molecule has 2 aromatic rings. The van der Waals surface area contributed by atoms with Crippen LogP contribution in [0.2, 0.25) is 0 Å². The van der Waals surface area contributed by atoms with Crippen molar-refractivity contribution in [2.75, 3.05) is 19.8 Å². The summed E-state index contributed by atoms with van der Waals surface area (Å²) in [6, 6.07) is 7.35. The summed E-state index contributed by atoms with van der Waals surface area (Å²) >= 11 is 0. The highest BCUT2D eigenvalue weighted by Crippen LogP contribution is 2.40. The van der Waals surface area contributed by atoms with E-state index in [1.54, 1.807) is 0 Å². The zero-order chi connectivity index (χ0) is 57.0. The molecule has 15 atom stereocenters. The van der Waals surface area contributed by atoms with Gasteiger partial charge in [0.15, 0.2) is 61.6 Å². The van der Waals surface area contributed by atoms with Crippen LogP contribution in [0.3, 0.4) is 0 Å². The van der Waals surface area contributed by atoms with Gasteiger partial charge < -0.3 is 66.7 Å². The van der Waals surface area contributed by atoms with Crippen molar-refractivity contribution in [1.29, 1.82) is 0 Å². The van der Waals surface area contributed by atoms with Crippen LogP contribution in [0.4, 0.5) is 0 Å². The lowest BCUT2D eigenvalue weighted by Gasteiger charge is -2.50. The van der Waals surface area contributed by atoms with Crippen LogP contribution in [0.15, 0.2) is 48.5 Å².